The van der Waals surface area contributed by atoms with Crippen molar-refractivity contribution in [1.29, 1.82) is 0 Å². The molecule has 4 heteroatoms. The fraction of sp³-hybridized carbons (Fsp3) is 0.588. The molecule has 1 rings (SSSR count). The van der Waals surface area contributed by atoms with Gasteiger partial charge in [-0.05, 0) is 44.0 Å². The molecule has 2 amide bonds. The normalized spacial score (nSPS) is 13.5. The van der Waals surface area contributed by atoms with Gasteiger partial charge in [0.15, 0.2) is 0 Å². The molecular weight excluding hydrogens is 262 g/mol. The van der Waals surface area contributed by atoms with Crippen LogP contribution in [0.15, 0.2) is 24.3 Å². The Morgan fingerprint density at radius 3 is 2.33 bits per heavy atom. The van der Waals surface area contributed by atoms with Crippen LogP contribution in [0.5, 0.6) is 0 Å². The second-order valence-corrected chi connectivity index (χ2v) is 5.39. The lowest BCUT2D eigenvalue weighted by Gasteiger charge is -2.17. The third-order valence-electron chi connectivity index (χ3n) is 3.64. The minimum atomic E-state index is -0.122. The Morgan fingerprint density at radius 2 is 1.81 bits per heavy atom. The quantitative estimate of drug-likeness (QED) is 0.676. The van der Waals surface area contributed by atoms with E-state index in [1.165, 1.54) is 5.56 Å². The summed E-state index contributed by atoms with van der Waals surface area (Å²) in [6, 6.07) is 8.45. The van der Waals surface area contributed by atoms with Crippen molar-refractivity contribution < 1.29 is 4.79 Å². The van der Waals surface area contributed by atoms with E-state index in [2.05, 4.69) is 43.6 Å². The predicted molar refractivity (Wildman–Crippen MR) is 89.7 cm³/mol. The third kappa shape index (κ3) is 6.17. The van der Waals surface area contributed by atoms with Crippen molar-refractivity contribution in [2.75, 3.05) is 11.9 Å². The van der Waals surface area contributed by atoms with E-state index in [9.17, 15) is 4.79 Å². The summed E-state index contributed by atoms with van der Waals surface area (Å²) in [4.78, 5) is 11.9. The number of carbonyl (C=O) groups excluding carboxylic acids is 1. The van der Waals surface area contributed by atoms with Gasteiger partial charge in [0.2, 0.25) is 0 Å². The molecule has 0 saturated carbocycles. The van der Waals surface area contributed by atoms with Gasteiger partial charge in [-0.15, -0.1) is 0 Å². The maximum atomic E-state index is 11.9. The van der Waals surface area contributed by atoms with Gasteiger partial charge in [0.1, 0.15) is 0 Å². The zero-order valence-corrected chi connectivity index (χ0v) is 13.7. The molecule has 118 valence electrons. The molecule has 0 radical (unpaired) electrons. The second-order valence-electron chi connectivity index (χ2n) is 5.39. The number of urea groups is 1. The van der Waals surface area contributed by atoms with Crippen molar-refractivity contribution in [3.8, 4) is 0 Å². The van der Waals surface area contributed by atoms with Crippen LogP contribution in [0.25, 0.3) is 0 Å². The van der Waals surface area contributed by atoms with E-state index in [1.807, 2.05) is 24.3 Å². The van der Waals surface area contributed by atoms with Crippen LogP contribution in [0.2, 0.25) is 0 Å². The van der Waals surface area contributed by atoms with E-state index < -0.39 is 0 Å². The van der Waals surface area contributed by atoms with Gasteiger partial charge in [-0.1, -0.05) is 39.3 Å². The molecule has 0 spiro atoms. The second kappa shape index (κ2) is 9.40. The van der Waals surface area contributed by atoms with Gasteiger partial charge in [-0.25, -0.2) is 4.79 Å². The van der Waals surface area contributed by atoms with Crippen LogP contribution >= 0.6 is 0 Å². The highest BCUT2D eigenvalue weighted by atomic mass is 16.2. The summed E-state index contributed by atoms with van der Waals surface area (Å²) in [5.41, 5.74) is 2.05. The maximum absolute atomic E-state index is 11.9. The average molecular weight is 291 g/mol. The highest BCUT2D eigenvalue weighted by molar-refractivity contribution is 5.89. The molecule has 2 atom stereocenters. The SMILES string of the molecule is CCCC(CC)NC(=O)Nc1ccc(C(C)NCC)cc1. The smallest absolute Gasteiger partial charge is 0.319 e. The molecule has 21 heavy (non-hydrogen) atoms. The van der Waals surface area contributed by atoms with Crippen molar-refractivity contribution in [2.45, 2.75) is 59.0 Å². The zero-order chi connectivity index (χ0) is 15.7. The van der Waals surface area contributed by atoms with Crippen LogP contribution in [0.4, 0.5) is 10.5 Å². The molecule has 0 heterocycles. The zero-order valence-electron chi connectivity index (χ0n) is 13.7. The van der Waals surface area contributed by atoms with E-state index >= 15 is 0 Å². The maximum Gasteiger partial charge on any atom is 0.319 e. The van der Waals surface area contributed by atoms with Crippen molar-refractivity contribution in [3.63, 3.8) is 0 Å². The Kier molecular flexibility index (Phi) is 7.83. The van der Waals surface area contributed by atoms with E-state index in [4.69, 9.17) is 0 Å². The molecule has 0 fully saturated rings. The molecule has 4 nitrogen and oxygen atoms in total. The van der Waals surface area contributed by atoms with Crippen LogP contribution in [-0.2, 0) is 0 Å². The monoisotopic (exact) mass is 291 g/mol. The number of carbonyl (C=O) groups is 1. The first kappa shape index (κ1) is 17.5. The Labute approximate surface area is 128 Å². The summed E-state index contributed by atoms with van der Waals surface area (Å²) in [5.74, 6) is 0. The molecule has 0 aromatic heterocycles. The van der Waals surface area contributed by atoms with Gasteiger partial charge >= 0.3 is 6.03 Å². The average Bonchev–Trinajstić information content (AvgIpc) is 2.47. The van der Waals surface area contributed by atoms with Crippen LogP contribution in [0.3, 0.4) is 0 Å². The number of hydrogen-bond donors (Lipinski definition) is 3. The van der Waals surface area contributed by atoms with E-state index in [0.717, 1.165) is 31.5 Å². The van der Waals surface area contributed by atoms with Crippen LogP contribution in [0.1, 0.15) is 58.6 Å². The molecule has 3 N–H and O–H groups in total. The highest BCUT2D eigenvalue weighted by Gasteiger charge is 2.09. The summed E-state index contributed by atoms with van der Waals surface area (Å²) >= 11 is 0. The Bertz CT molecular complexity index is 417. The molecular formula is C17H29N3O. The number of rotatable bonds is 8. The van der Waals surface area contributed by atoms with E-state index in [0.29, 0.717) is 6.04 Å². The van der Waals surface area contributed by atoms with Crippen molar-refractivity contribution >= 4 is 11.7 Å². The van der Waals surface area contributed by atoms with Gasteiger partial charge in [0.05, 0.1) is 0 Å². The Morgan fingerprint density at radius 1 is 1.14 bits per heavy atom. The van der Waals surface area contributed by atoms with Crippen molar-refractivity contribution in [1.82, 2.24) is 10.6 Å². The predicted octanol–water partition coefficient (Wildman–Crippen LogP) is 4.06. The topological polar surface area (TPSA) is 53.2 Å². The molecule has 0 bridgehead atoms. The number of anilines is 1. The van der Waals surface area contributed by atoms with Crippen LogP contribution in [0, 0.1) is 0 Å². The van der Waals surface area contributed by atoms with Crippen LogP contribution < -0.4 is 16.0 Å². The Balaban J connectivity index is 2.53. The largest absolute Gasteiger partial charge is 0.335 e. The lowest BCUT2D eigenvalue weighted by molar-refractivity contribution is 0.247. The number of amides is 2. The summed E-state index contributed by atoms with van der Waals surface area (Å²) in [7, 11) is 0. The van der Waals surface area contributed by atoms with Gasteiger partial charge < -0.3 is 16.0 Å². The van der Waals surface area contributed by atoms with E-state index in [-0.39, 0.29) is 12.1 Å². The van der Waals surface area contributed by atoms with Gasteiger partial charge in [0, 0.05) is 17.8 Å². The molecule has 2 unspecified atom stereocenters. The minimum Gasteiger partial charge on any atom is -0.335 e. The number of nitrogens with one attached hydrogen (secondary N) is 3. The first-order valence-corrected chi connectivity index (χ1v) is 8.01. The minimum absolute atomic E-state index is 0.122. The van der Waals surface area contributed by atoms with Crippen molar-refractivity contribution in [3.05, 3.63) is 29.8 Å². The van der Waals surface area contributed by atoms with Crippen LogP contribution in [-0.4, -0.2) is 18.6 Å². The fourth-order valence-electron chi connectivity index (χ4n) is 2.36. The summed E-state index contributed by atoms with van der Waals surface area (Å²) < 4.78 is 0. The molecule has 0 aliphatic heterocycles. The molecule has 0 aliphatic carbocycles. The third-order valence-corrected chi connectivity index (χ3v) is 3.64. The molecule has 1 aromatic rings. The summed E-state index contributed by atoms with van der Waals surface area (Å²) in [6.07, 6.45) is 3.05. The first-order valence-electron chi connectivity index (χ1n) is 8.01. The lowest BCUT2D eigenvalue weighted by Crippen LogP contribution is -2.37. The summed E-state index contributed by atoms with van der Waals surface area (Å²) in [5, 5.41) is 9.27. The lowest BCUT2D eigenvalue weighted by atomic mass is 10.1. The first-order chi connectivity index (χ1) is 10.1. The Hall–Kier alpha value is -1.55. The van der Waals surface area contributed by atoms with Gasteiger partial charge in [-0.3, -0.25) is 0 Å². The van der Waals surface area contributed by atoms with E-state index in [1.54, 1.807) is 0 Å². The highest BCUT2D eigenvalue weighted by Crippen LogP contribution is 2.16. The molecule has 0 saturated heterocycles. The molecule has 1 aromatic carbocycles. The van der Waals surface area contributed by atoms with Gasteiger partial charge in [0.25, 0.3) is 0 Å². The summed E-state index contributed by atoms with van der Waals surface area (Å²) in [6.45, 7) is 9.40. The molecule has 0 aliphatic rings. The van der Waals surface area contributed by atoms with Crippen molar-refractivity contribution in [2.24, 2.45) is 0 Å². The standard InChI is InChI=1S/C17H29N3O/c1-5-8-15(6-2)19-17(21)20-16-11-9-14(10-12-16)13(4)18-7-3/h9-13,15,18H,5-8H2,1-4H3,(H2,19,20,21). The number of hydrogen-bond acceptors (Lipinski definition) is 2. The van der Waals surface area contributed by atoms with Gasteiger partial charge in [-0.2, -0.15) is 0 Å². The fourth-order valence-corrected chi connectivity index (χ4v) is 2.36. The number of benzene rings is 1.